The minimum absolute atomic E-state index is 0.0838. The molecule has 1 amide bonds. The van der Waals surface area contributed by atoms with Gasteiger partial charge in [0.25, 0.3) is 5.91 Å². The summed E-state index contributed by atoms with van der Waals surface area (Å²) < 4.78 is 26.6. The monoisotopic (exact) mass is 415 g/mol. The molecule has 1 aromatic heterocycles. The minimum Gasteiger partial charge on any atom is -0.298 e. The van der Waals surface area contributed by atoms with Crippen LogP contribution in [-0.2, 0) is 10.0 Å². The highest BCUT2D eigenvalue weighted by Crippen LogP contribution is 2.25. The molecule has 0 aliphatic carbocycles. The zero-order valence-electron chi connectivity index (χ0n) is 15.8. The normalized spacial score (nSPS) is 11.8. The Morgan fingerprint density at radius 2 is 1.82 bits per heavy atom. The van der Waals surface area contributed by atoms with Gasteiger partial charge in [-0.1, -0.05) is 36.4 Å². The van der Waals surface area contributed by atoms with Crippen molar-refractivity contribution in [2.45, 2.75) is 24.8 Å². The van der Waals surface area contributed by atoms with Crippen molar-refractivity contribution in [1.29, 1.82) is 0 Å². The summed E-state index contributed by atoms with van der Waals surface area (Å²) in [6, 6.07) is 15.5. The maximum Gasteiger partial charge on any atom is 0.257 e. The molecule has 8 heteroatoms. The van der Waals surface area contributed by atoms with E-state index in [1.165, 1.54) is 34.8 Å². The van der Waals surface area contributed by atoms with Gasteiger partial charge < -0.3 is 0 Å². The first-order valence-corrected chi connectivity index (χ1v) is 11.0. The molecular formula is C20H21N3O3S2. The van der Waals surface area contributed by atoms with Gasteiger partial charge in [-0.25, -0.2) is 13.4 Å². The predicted octanol–water partition coefficient (Wildman–Crippen LogP) is 4.09. The molecular weight excluding hydrogens is 394 g/mol. The van der Waals surface area contributed by atoms with E-state index in [0.717, 1.165) is 11.3 Å². The molecule has 0 fully saturated rings. The summed E-state index contributed by atoms with van der Waals surface area (Å²) in [5.41, 5.74) is 1.99. The number of hydrogen-bond donors (Lipinski definition) is 1. The number of nitrogens with one attached hydrogen (secondary N) is 1. The number of amides is 1. The molecule has 0 spiro atoms. The number of anilines is 1. The Morgan fingerprint density at radius 3 is 2.50 bits per heavy atom. The highest BCUT2D eigenvalue weighted by atomic mass is 32.2. The van der Waals surface area contributed by atoms with E-state index in [0.29, 0.717) is 5.13 Å². The van der Waals surface area contributed by atoms with Crippen LogP contribution in [0, 0.1) is 0 Å². The summed E-state index contributed by atoms with van der Waals surface area (Å²) in [6.07, 6.45) is 0. The number of aromatic nitrogens is 1. The van der Waals surface area contributed by atoms with Crippen molar-refractivity contribution in [3.63, 3.8) is 0 Å². The van der Waals surface area contributed by atoms with Crippen LogP contribution in [-0.4, -0.2) is 36.7 Å². The molecule has 0 aliphatic rings. The van der Waals surface area contributed by atoms with E-state index in [2.05, 4.69) is 10.3 Å². The van der Waals surface area contributed by atoms with Crippen LogP contribution in [0.25, 0.3) is 11.3 Å². The third kappa shape index (κ3) is 4.30. The molecule has 0 bridgehead atoms. The number of thiazole rings is 1. The zero-order chi connectivity index (χ0) is 20.3. The number of hydrogen-bond acceptors (Lipinski definition) is 5. The fraction of sp³-hybridized carbons (Fsp3) is 0.200. The Labute approximate surface area is 168 Å². The van der Waals surface area contributed by atoms with Gasteiger partial charge in [0.2, 0.25) is 10.0 Å². The van der Waals surface area contributed by atoms with Gasteiger partial charge in [-0.15, -0.1) is 11.3 Å². The first-order chi connectivity index (χ1) is 13.3. The average Bonchev–Trinajstić information content (AvgIpc) is 3.16. The second-order valence-corrected chi connectivity index (χ2v) is 9.36. The molecule has 28 heavy (non-hydrogen) atoms. The van der Waals surface area contributed by atoms with Crippen molar-refractivity contribution < 1.29 is 13.2 Å². The van der Waals surface area contributed by atoms with E-state index < -0.39 is 15.9 Å². The van der Waals surface area contributed by atoms with Crippen molar-refractivity contribution in [1.82, 2.24) is 9.29 Å². The third-order valence-electron chi connectivity index (χ3n) is 4.29. The van der Waals surface area contributed by atoms with Gasteiger partial charge in [0, 0.05) is 29.6 Å². The fourth-order valence-corrected chi connectivity index (χ4v) is 4.61. The topological polar surface area (TPSA) is 79.4 Å². The number of sulfonamides is 1. The van der Waals surface area contributed by atoms with Gasteiger partial charge in [0.05, 0.1) is 10.6 Å². The number of nitrogens with zero attached hydrogens (tertiary/aromatic N) is 2. The maximum atomic E-state index is 12.7. The van der Waals surface area contributed by atoms with Crippen LogP contribution in [0.2, 0.25) is 0 Å². The van der Waals surface area contributed by atoms with Crippen LogP contribution in [0.1, 0.15) is 24.2 Å². The van der Waals surface area contributed by atoms with Gasteiger partial charge in [0.15, 0.2) is 5.13 Å². The molecule has 3 rings (SSSR count). The zero-order valence-corrected chi connectivity index (χ0v) is 17.4. The quantitative estimate of drug-likeness (QED) is 0.658. The van der Waals surface area contributed by atoms with Crippen LogP contribution in [0.15, 0.2) is 64.9 Å². The lowest BCUT2D eigenvalue weighted by Crippen LogP contribution is -2.33. The van der Waals surface area contributed by atoms with Gasteiger partial charge in [-0.05, 0) is 32.0 Å². The summed E-state index contributed by atoms with van der Waals surface area (Å²) >= 11 is 1.32. The Hall–Kier alpha value is -2.55. The molecule has 6 nitrogen and oxygen atoms in total. The first-order valence-electron chi connectivity index (χ1n) is 8.69. The summed E-state index contributed by atoms with van der Waals surface area (Å²) in [5.74, 6) is -0.404. The molecule has 0 atom stereocenters. The number of rotatable bonds is 6. The van der Waals surface area contributed by atoms with Gasteiger partial charge in [-0.2, -0.15) is 4.31 Å². The molecule has 0 aliphatic heterocycles. The Kier molecular flexibility index (Phi) is 5.93. The van der Waals surface area contributed by atoms with E-state index in [1.807, 2.05) is 35.7 Å². The summed E-state index contributed by atoms with van der Waals surface area (Å²) in [5, 5.41) is 5.06. The standard InChI is InChI=1S/C20H21N3O3S2/c1-14(2)23(3)28(25,26)17-11-7-10-16(12-17)19(24)22-20-21-18(13-27-20)15-8-5-4-6-9-15/h4-14H,1-3H3,(H,21,22,24). The second kappa shape index (κ2) is 8.22. The lowest BCUT2D eigenvalue weighted by atomic mass is 10.2. The van der Waals surface area contributed by atoms with Crippen LogP contribution < -0.4 is 5.32 Å². The molecule has 3 aromatic rings. The second-order valence-electron chi connectivity index (χ2n) is 6.50. The van der Waals surface area contributed by atoms with Crippen LogP contribution in [0.3, 0.4) is 0 Å². The first kappa shape index (κ1) is 20.2. The predicted molar refractivity (Wildman–Crippen MR) is 112 cm³/mol. The molecule has 1 N–H and O–H groups in total. The van der Waals surface area contributed by atoms with E-state index >= 15 is 0 Å². The van der Waals surface area contributed by atoms with E-state index in [9.17, 15) is 13.2 Å². The SMILES string of the molecule is CC(C)N(C)S(=O)(=O)c1cccc(C(=O)Nc2nc(-c3ccccc3)cs2)c1. The van der Waals surface area contributed by atoms with Crippen molar-refractivity contribution in [3.05, 3.63) is 65.5 Å². The molecule has 0 saturated carbocycles. The molecule has 0 unspecified atom stereocenters. The van der Waals surface area contributed by atoms with Crippen molar-refractivity contribution >= 4 is 32.4 Å². The van der Waals surface area contributed by atoms with E-state index in [-0.39, 0.29) is 16.5 Å². The Bertz CT molecular complexity index is 1080. The highest BCUT2D eigenvalue weighted by Gasteiger charge is 2.24. The smallest absolute Gasteiger partial charge is 0.257 e. The van der Waals surface area contributed by atoms with Gasteiger partial charge >= 0.3 is 0 Å². The number of carbonyl (C=O) groups excluding carboxylic acids is 1. The summed E-state index contributed by atoms with van der Waals surface area (Å²) in [4.78, 5) is 17.1. The average molecular weight is 416 g/mol. The maximum absolute atomic E-state index is 12.7. The Morgan fingerprint density at radius 1 is 1.11 bits per heavy atom. The lowest BCUT2D eigenvalue weighted by molar-refractivity contribution is 0.102. The number of benzene rings is 2. The van der Waals surface area contributed by atoms with E-state index in [4.69, 9.17) is 0 Å². The van der Waals surface area contributed by atoms with Crippen molar-refractivity contribution in [3.8, 4) is 11.3 Å². The van der Waals surface area contributed by atoms with Crippen LogP contribution >= 0.6 is 11.3 Å². The fourth-order valence-electron chi connectivity index (χ4n) is 2.48. The largest absolute Gasteiger partial charge is 0.298 e. The van der Waals surface area contributed by atoms with Crippen LogP contribution in [0.4, 0.5) is 5.13 Å². The Balaban J connectivity index is 1.80. The molecule has 146 valence electrons. The lowest BCUT2D eigenvalue weighted by Gasteiger charge is -2.21. The number of carbonyl (C=O) groups is 1. The summed E-state index contributed by atoms with van der Waals surface area (Å²) in [7, 11) is -2.14. The van der Waals surface area contributed by atoms with E-state index in [1.54, 1.807) is 26.0 Å². The van der Waals surface area contributed by atoms with Crippen LogP contribution in [0.5, 0.6) is 0 Å². The highest BCUT2D eigenvalue weighted by molar-refractivity contribution is 7.89. The molecule has 0 saturated heterocycles. The van der Waals surface area contributed by atoms with Crippen molar-refractivity contribution in [2.24, 2.45) is 0 Å². The minimum atomic E-state index is -3.66. The molecule has 0 radical (unpaired) electrons. The molecule has 1 heterocycles. The summed E-state index contributed by atoms with van der Waals surface area (Å²) in [6.45, 7) is 3.59. The van der Waals surface area contributed by atoms with Gasteiger partial charge in [-0.3, -0.25) is 10.1 Å². The molecule has 2 aromatic carbocycles. The van der Waals surface area contributed by atoms with Crippen molar-refractivity contribution in [2.75, 3.05) is 12.4 Å². The van der Waals surface area contributed by atoms with Gasteiger partial charge in [0.1, 0.15) is 0 Å². The third-order valence-corrected chi connectivity index (χ3v) is 7.08.